The smallest absolute Gasteiger partial charge is 0.237 e. The lowest BCUT2D eigenvalue weighted by Crippen LogP contribution is -2.50. The molecule has 1 fully saturated rings. The molecule has 4 heteroatoms. The number of hydrogen-bond donors (Lipinski definition) is 1. The SMILES string of the molecule is CC(C(=O)NC1c2ccccc2CC1c1ccccc1)N1CCOCC1. The third kappa shape index (κ3) is 3.39. The number of amides is 1. The Morgan fingerprint density at radius 2 is 1.77 bits per heavy atom. The van der Waals surface area contributed by atoms with Crippen LogP contribution in [0.3, 0.4) is 0 Å². The second-order valence-electron chi connectivity index (χ2n) is 7.23. The first kappa shape index (κ1) is 17.3. The standard InChI is InChI=1S/C22H26N2O2/c1-16(24-11-13-26-14-12-24)22(25)23-21-19-10-6-5-9-18(19)15-20(21)17-7-3-2-4-8-17/h2-10,16,20-21H,11-15H2,1H3,(H,23,25). The molecular weight excluding hydrogens is 324 g/mol. The van der Waals surface area contributed by atoms with Gasteiger partial charge < -0.3 is 10.1 Å². The molecule has 136 valence electrons. The number of morpholine rings is 1. The fourth-order valence-electron chi connectivity index (χ4n) is 4.19. The number of nitrogens with one attached hydrogen (secondary N) is 1. The number of ether oxygens (including phenoxy) is 1. The Bertz CT molecular complexity index is 756. The van der Waals surface area contributed by atoms with E-state index in [0.29, 0.717) is 13.2 Å². The van der Waals surface area contributed by atoms with Crippen molar-refractivity contribution in [3.05, 3.63) is 71.3 Å². The van der Waals surface area contributed by atoms with Gasteiger partial charge in [-0.2, -0.15) is 0 Å². The van der Waals surface area contributed by atoms with Gasteiger partial charge in [0, 0.05) is 19.0 Å². The van der Waals surface area contributed by atoms with Crippen LogP contribution in [0.4, 0.5) is 0 Å². The van der Waals surface area contributed by atoms with Gasteiger partial charge in [0.25, 0.3) is 0 Å². The third-order valence-electron chi connectivity index (χ3n) is 5.73. The van der Waals surface area contributed by atoms with Crippen molar-refractivity contribution < 1.29 is 9.53 Å². The molecule has 3 unspecified atom stereocenters. The summed E-state index contributed by atoms with van der Waals surface area (Å²) in [4.78, 5) is 15.2. The number of fused-ring (bicyclic) bond motifs is 1. The summed E-state index contributed by atoms with van der Waals surface area (Å²) in [5, 5.41) is 3.36. The van der Waals surface area contributed by atoms with Crippen LogP contribution >= 0.6 is 0 Å². The molecule has 1 aliphatic heterocycles. The monoisotopic (exact) mass is 350 g/mol. The van der Waals surface area contributed by atoms with E-state index in [2.05, 4.69) is 58.7 Å². The van der Waals surface area contributed by atoms with Crippen LogP contribution in [-0.2, 0) is 16.0 Å². The van der Waals surface area contributed by atoms with Gasteiger partial charge in [-0.1, -0.05) is 54.6 Å². The highest BCUT2D eigenvalue weighted by atomic mass is 16.5. The number of carbonyl (C=O) groups excluding carboxylic acids is 1. The molecule has 1 N–H and O–H groups in total. The molecule has 1 saturated heterocycles. The maximum Gasteiger partial charge on any atom is 0.237 e. The van der Waals surface area contributed by atoms with Crippen molar-refractivity contribution in [3.8, 4) is 0 Å². The van der Waals surface area contributed by atoms with E-state index >= 15 is 0 Å². The van der Waals surface area contributed by atoms with Crippen LogP contribution < -0.4 is 5.32 Å². The van der Waals surface area contributed by atoms with E-state index in [0.717, 1.165) is 19.5 Å². The van der Waals surface area contributed by atoms with Gasteiger partial charge in [-0.25, -0.2) is 0 Å². The first-order chi connectivity index (χ1) is 12.7. The highest BCUT2D eigenvalue weighted by molar-refractivity contribution is 5.82. The van der Waals surface area contributed by atoms with Crippen molar-refractivity contribution in [1.82, 2.24) is 10.2 Å². The minimum absolute atomic E-state index is 0.0320. The first-order valence-electron chi connectivity index (χ1n) is 9.49. The molecular formula is C22H26N2O2. The summed E-state index contributed by atoms with van der Waals surface area (Å²) in [7, 11) is 0. The summed E-state index contributed by atoms with van der Waals surface area (Å²) < 4.78 is 5.41. The first-order valence-corrected chi connectivity index (χ1v) is 9.49. The molecule has 1 aliphatic carbocycles. The number of hydrogen-bond acceptors (Lipinski definition) is 3. The Hall–Kier alpha value is -2.17. The van der Waals surface area contributed by atoms with Crippen LogP contribution in [0.25, 0.3) is 0 Å². The van der Waals surface area contributed by atoms with Gasteiger partial charge in [-0.15, -0.1) is 0 Å². The van der Waals surface area contributed by atoms with Crippen molar-refractivity contribution in [2.45, 2.75) is 31.3 Å². The lowest BCUT2D eigenvalue weighted by atomic mass is 9.92. The summed E-state index contributed by atoms with van der Waals surface area (Å²) in [6, 6.07) is 18.9. The normalized spacial score (nSPS) is 24.0. The highest BCUT2D eigenvalue weighted by Crippen LogP contribution is 2.42. The van der Waals surface area contributed by atoms with E-state index in [-0.39, 0.29) is 23.9 Å². The van der Waals surface area contributed by atoms with Gasteiger partial charge in [0.2, 0.25) is 5.91 Å². The highest BCUT2D eigenvalue weighted by Gasteiger charge is 2.35. The number of carbonyl (C=O) groups is 1. The predicted octanol–water partition coefficient (Wildman–Crippen LogP) is 2.90. The minimum Gasteiger partial charge on any atom is -0.379 e. The van der Waals surface area contributed by atoms with Crippen LogP contribution in [0.1, 0.15) is 35.6 Å². The second kappa shape index (κ2) is 7.60. The van der Waals surface area contributed by atoms with E-state index in [1.807, 2.05) is 13.0 Å². The molecule has 1 amide bonds. The van der Waals surface area contributed by atoms with E-state index in [1.165, 1.54) is 16.7 Å². The van der Waals surface area contributed by atoms with E-state index < -0.39 is 0 Å². The fraction of sp³-hybridized carbons (Fsp3) is 0.409. The summed E-state index contributed by atoms with van der Waals surface area (Å²) >= 11 is 0. The Morgan fingerprint density at radius 1 is 1.08 bits per heavy atom. The topological polar surface area (TPSA) is 41.6 Å². The lowest BCUT2D eigenvalue weighted by molar-refractivity contribution is -0.128. The van der Waals surface area contributed by atoms with E-state index in [1.54, 1.807) is 0 Å². The van der Waals surface area contributed by atoms with Crippen LogP contribution in [0.2, 0.25) is 0 Å². The molecule has 3 atom stereocenters. The van der Waals surface area contributed by atoms with Crippen molar-refractivity contribution >= 4 is 5.91 Å². The Balaban J connectivity index is 1.56. The molecule has 1 heterocycles. The van der Waals surface area contributed by atoms with Crippen LogP contribution in [-0.4, -0.2) is 43.2 Å². The summed E-state index contributed by atoms with van der Waals surface area (Å²) in [6.45, 7) is 5.04. The second-order valence-corrected chi connectivity index (χ2v) is 7.23. The quantitative estimate of drug-likeness (QED) is 0.922. The van der Waals surface area contributed by atoms with Gasteiger partial charge in [0.15, 0.2) is 0 Å². The van der Waals surface area contributed by atoms with Crippen LogP contribution in [0, 0.1) is 0 Å². The van der Waals surface area contributed by atoms with E-state index in [4.69, 9.17) is 4.74 Å². The largest absolute Gasteiger partial charge is 0.379 e. The van der Waals surface area contributed by atoms with Crippen molar-refractivity contribution in [1.29, 1.82) is 0 Å². The van der Waals surface area contributed by atoms with Gasteiger partial charge in [-0.3, -0.25) is 9.69 Å². The molecule has 0 spiro atoms. The van der Waals surface area contributed by atoms with E-state index in [9.17, 15) is 4.79 Å². The summed E-state index contributed by atoms with van der Waals surface area (Å²) in [6.07, 6.45) is 0.969. The average Bonchev–Trinajstić information content (AvgIpc) is 3.07. The molecule has 0 saturated carbocycles. The zero-order valence-electron chi connectivity index (χ0n) is 15.2. The number of rotatable bonds is 4. The predicted molar refractivity (Wildman–Crippen MR) is 102 cm³/mol. The molecule has 4 nitrogen and oxygen atoms in total. The number of nitrogens with zero attached hydrogens (tertiary/aromatic N) is 1. The Morgan fingerprint density at radius 3 is 2.54 bits per heavy atom. The Kier molecular flexibility index (Phi) is 5.05. The summed E-state index contributed by atoms with van der Waals surface area (Å²) in [5.41, 5.74) is 3.88. The van der Waals surface area contributed by atoms with Gasteiger partial charge in [0.1, 0.15) is 0 Å². The Labute approximate surface area is 155 Å². The molecule has 2 aliphatic rings. The molecule has 2 aromatic carbocycles. The molecule has 0 aromatic heterocycles. The van der Waals surface area contributed by atoms with Crippen molar-refractivity contribution in [2.75, 3.05) is 26.3 Å². The molecule has 0 bridgehead atoms. The molecule has 0 radical (unpaired) electrons. The zero-order chi connectivity index (χ0) is 17.9. The molecule has 26 heavy (non-hydrogen) atoms. The molecule has 2 aromatic rings. The minimum atomic E-state index is -0.136. The lowest BCUT2D eigenvalue weighted by Gasteiger charge is -2.33. The summed E-state index contributed by atoms with van der Waals surface area (Å²) in [5.74, 6) is 0.393. The maximum atomic E-state index is 13.0. The van der Waals surface area contributed by atoms with Crippen LogP contribution in [0.15, 0.2) is 54.6 Å². The van der Waals surface area contributed by atoms with Crippen molar-refractivity contribution in [3.63, 3.8) is 0 Å². The van der Waals surface area contributed by atoms with Gasteiger partial charge >= 0.3 is 0 Å². The van der Waals surface area contributed by atoms with Gasteiger partial charge in [-0.05, 0) is 30.0 Å². The number of benzene rings is 2. The van der Waals surface area contributed by atoms with Crippen LogP contribution in [0.5, 0.6) is 0 Å². The maximum absolute atomic E-state index is 13.0. The van der Waals surface area contributed by atoms with Crippen molar-refractivity contribution in [2.24, 2.45) is 0 Å². The zero-order valence-corrected chi connectivity index (χ0v) is 15.2. The fourth-order valence-corrected chi connectivity index (χ4v) is 4.19. The average molecular weight is 350 g/mol. The van der Waals surface area contributed by atoms with Gasteiger partial charge in [0.05, 0.1) is 25.3 Å². The molecule has 4 rings (SSSR count). The third-order valence-corrected chi connectivity index (χ3v) is 5.73.